The summed E-state index contributed by atoms with van der Waals surface area (Å²) in [6.07, 6.45) is 0. The van der Waals surface area contributed by atoms with Crippen molar-refractivity contribution in [2.45, 2.75) is 0 Å². The van der Waals surface area contributed by atoms with Gasteiger partial charge in [0, 0.05) is 24.6 Å². The lowest BCUT2D eigenvalue weighted by Gasteiger charge is -2.09. The van der Waals surface area contributed by atoms with Crippen LogP contribution in [0.5, 0.6) is 0 Å². The number of hydrogen-bond donors (Lipinski definition) is 1. The van der Waals surface area contributed by atoms with Crippen molar-refractivity contribution in [2.24, 2.45) is 5.92 Å². The van der Waals surface area contributed by atoms with Crippen LogP contribution in [0, 0.1) is 5.92 Å². The largest absolute Gasteiger partial charge is 0.469 e. The van der Waals surface area contributed by atoms with Crippen molar-refractivity contribution in [3.63, 3.8) is 0 Å². The van der Waals surface area contributed by atoms with Crippen LogP contribution in [-0.4, -0.2) is 37.7 Å². The molecule has 0 aromatic heterocycles. The predicted molar refractivity (Wildman–Crippen MR) is 45.7 cm³/mol. The Balaban J connectivity index is 2.36. The quantitative estimate of drug-likeness (QED) is 0.574. The number of hydrogen-bond acceptors (Lipinski definition) is 4. The molecule has 1 aliphatic rings. The van der Waals surface area contributed by atoms with E-state index in [0.29, 0.717) is 0 Å². The minimum absolute atomic E-state index is 0.0486. The van der Waals surface area contributed by atoms with Gasteiger partial charge in [-0.2, -0.15) is 11.8 Å². The molecule has 1 aliphatic heterocycles. The Labute approximate surface area is 70.9 Å². The third-order valence-electron chi connectivity index (χ3n) is 1.67. The Morgan fingerprint density at radius 1 is 1.73 bits per heavy atom. The van der Waals surface area contributed by atoms with Gasteiger partial charge in [-0.05, 0) is 0 Å². The summed E-state index contributed by atoms with van der Waals surface area (Å²) in [5, 5.41) is 3.19. The molecule has 0 bridgehead atoms. The van der Waals surface area contributed by atoms with E-state index in [-0.39, 0.29) is 11.9 Å². The molecule has 0 saturated carbocycles. The van der Waals surface area contributed by atoms with E-state index in [9.17, 15) is 4.79 Å². The normalized spacial score (nSPS) is 25.7. The first-order valence-corrected chi connectivity index (χ1v) is 4.86. The SMILES string of the molecule is COC(=O)[C@@H]1CNCCSC1. The van der Waals surface area contributed by atoms with Gasteiger partial charge in [-0.15, -0.1) is 0 Å². The molecule has 1 atom stereocenters. The molecule has 1 saturated heterocycles. The first-order chi connectivity index (χ1) is 5.34. The Kier molecular flexibility index (Phi) is 3.72. The molecule has 0 spiro atoms. The summed E-state index contributed by atoms with van der Waals surface area (Å²) in [6, 6.07) is 0. The lowest BCUT2D eigenvalue weighted by molar-refractivity contribution is -0.144. The Bertz CT molecular complexity index is 132. The molecule has 0 aromatic carbocycles. The van der Waals surface area contributed by atoms with Crippen molar-refractivity contribution in [2.75, 3.05) is 31.7 Å². The number of ether oxygens (including phenoxy) is 1. The predicted octanol–water partition coefficient (Wildman–Crippen LogP) is 0.112. The number of esters is 1. The minimum atomic E-state index is -0.0908. The highest BCUT2D eigenvalue weighted by atomic mass is 32.2. The van der Waals surface area contributed by atoms with Crippen LogP contribution in [0.1, 0.15) is 0 Å². The second-order valence-corrected chi connectivity index (χ2v) is 3.65. The van der Waals surface area contributed by atoms with E-state index in [1.807, 2.05) is 0 Å². The van der Waals surface area contributed by atoms with Crippen molar-refractivity contribution < 1.29 is 9.53 Å². The fraction of sp³-hybridized carbons (Fsp3) is 0.857. The highest BCUT2D eigenvalue weighted by Gasteiger charge is 2.20. The van der Waals surface area contributed by atoms with Crippen LogP contribution in [0.4, 0.5) is 0 Å². The monoisotopic (exact) mass is 175 g/mol. The van der Waals surface area contributed by atoms with Crippen LogP contribution in [0.15, 0.2) is 0 Å². The van der Waals surface area contributed by atoms with Crippen LogP contribution in [0.25, 0.3) is 0 Å². The number of rotatable bonds is 1. The lowest BCUT2D eigenvalue weighted by Crippen LogP contribution is -2.29. The van der Waals surface area contributed by atoms with Gasteiger partial charge in [0.25, 0.3) is 0 Å². The smallest absolute Gasteiger partial charge is 0.310 e. The third-order valence-corrected chi connectivity index (χ3v) is 2.80. The first kappa shape index (κ1) is 8.87. The van der Waals surface area contributed by atoms with Gasteiger partial charge in [-0.3, -0.25) is 4.79 Å². The van der Waals surface area contributed by atoms with Gasteiger partial charge >= 0.3 is 5.97 Å². The number of methoxy groups -OCH3 is 1. The maximum atomic E-state index is 11.0. The average molecular weight is 175 g/mol. The summed E-state index contributed by atoms with van der Waals surface area (Å²) in [7, 11) is 1.44. The molecule has 0 radical (unpaired) electrons. The van der Waals surface area contributed by atoms with Gasteiger partial charge in [-0.25, -0.2) is 0 Å². The molecule has 4 heteroatoms. The lowest BCUT2D eigenvalue weighted by atomic mass is 10.2. The van der Waals surface area contributed by atoms with Crippen molar-refractivity contribution in [1.29, 1.82) is 0 Å². The molecular formula is C7H13NO2S. The summed E-state index contributed by atoms with van der Waals surface area (Å²) in [5.41, 5.74) is 0. The zero-order valence-electron chi connectivity index (χ0n) is 6.63. The van der Waals surface area contributed by atoms with E-state index in [1.54, 1.807) is 11.8 Å². The van der Waals surface area contributed by atoms with Gasteiger partial charge < -0.3 is 10.1 Å². The van der Waals surface area contributed by atoms with E-state index in [0.717, 1.165) is 24.6 Å². The second kappa shape index (κ2) is 4.62. The molecule has 64 valence electrons. The molecule has 0 aromatic rings. The number of carbonyl (C=O) groups is 1. The van der Waals surface area contributed by atoms with E-state index in [4.69, 9.17) is 0 Å². The topological polar surface area (TPSA) is 38.3 Å². The number of nitrogens with one attached hydrogen (secondary N) is 1. The van der Waals surface area contributed by atoms with Crippen LogP contribution in [0.2, 0.25) is 0 Å². The van der Waals surface area contributed by atoms with Crippen molar-refractivity contribution >= 4 is 17.7 Å². The van der Waals surface area contributed by atoms with Crippen LogP contribution >= 0.6 is 11.8 Å². The van der Waals surface area contributed by atoms with E-state index in [1.165, 1.54) is 7.11 Å². The van der Waals surface area contributed by atoms with Crippen LogP contribution < -0.4 is 5.32 Å². The maximum absolute atomic E-state index is 11.0. The molecule has 3 nitrogen and oxygen atoms in total. The Morgan fingerprint density at radius 3 is 3.27 bits per heavy atom. The summed E-state index contributed by atoms with van der Waals surface area (Å²) < 4.78 is 4.65. The van der Waals surface area contributed by atoms with Crippen LogP contribution in [-0.2, 0) is 9.53 Å². The van der Waals surface area contributed by atoms with E-state index in [2.05, 4.69) is 10.1 Å². The highest BCUT2D eigenvalue weighted by molar-refractivity contribution is 7.99. The zero-order chi connectivity index (χ0) is 8.10. The summed E-state index contributed by atoms with van der Waals surface area (Å²) in [5.74, 6) is 1.94. The van der Waals surface area contributed by atoms with E-state index < -0.39 is 0 Å². The molecular weight excluding hydrogens is 162 g/mol. The standard InChI is InChI=1S/C7H13NO2S/c1-10-7(9)6-4-8-2-3-11-5-6/h6,8H,2-5H2,1H3/t6-/m1/s1. The minimum Gasteiger partial charge on any atom is -0.469 e. The molecule has 1 fully saturated rings. The Morgan fingerprint density at radius 2 is 2.55 bits per heavy atom. The third kappa shape index (κ3) is 2.71. The fourth-order valence-electron chi connectivity index (χ4n) is 1.02. The first-order valence-electron chi connectivity index (χ1n) is 3.71. The number of thioether (sulfide) groups is 1. The molecule has 11 heavy (non-hydrogen) atoms. The van der Waals surface area contributed by atoms with Gasteiger partial charge in [0.15, 0.2) is 0 Å². The van der Waals surface area contributed by atoms with Crippen molar-refractivity contribution in [1.82, 2.24) is 5.32 Å². The zero-order valence-corrected chi connectivity index (χ0v) is 7.45. The summed E-state index contributed by atoms with van der Waals surface area (Å²) >= 11 is 1.80. The Hall–Kier alpha value is -0.220. The maximum Gasteiger partial charge on any atom is 0.310 e. The fourth-order valence-corrected chi connectivity index (χ4v) is 2.02. The highest BCUT2D eigenvalue weighted by Crippen LogP contribution is 2.11. The van der Waals surface area contributed by atoms with E-state index >= 15 is 0 Å². The van der Waals surface area contributed by atoms with Gasteiger partial charge in [-0.1, -0.05) is 0 Å². The second-order valence-electron chi connectivity index (χ2n) is 2.50. The van der Waals surface area contributed by atoms with Gasteiger partial charge in [0.1, 0.15) is 0 Å². The van der Waals surface area contributed by atoms with Gasteiger partial charge in [0.05, 0.1) is 13.0 Å². The molecule has 1 rings (SSSR count). The van der Waals surface area contributed by atoms with Crippen molar-refractivity contribution in [3.05, 3.63) is 0 Å². The summed E-state index contributed by atoms with van der Waals surface area (Å²) in [6.45, 7) is 1.76. The molecule has 1 heterocycles. The number of carbonyl (C=O) groups excluding carboxylic acids is 1. The van der Waals surface area contributed by atoms with Crippen LogP contribution in [0.3, 0.4) is 0 Å². The molecule has 0 amide bonds. The molecule has 1 N–H and O–H groups in total. The van der Waals surface area contributed by atoms with Gasteiger partial charge in [0.2, 0.25) is 0 Å². The van der Waals surface area contributed by atoms with Crippen molar-refractivity contribution in [3.8, 4) is 0 Å². The summed E-state index contributed by atoms with van der Waals surface area (Å²) in [4.78, 5) is 11.0. The average Bonchev–Trinajstić information content (AvgIpc) is 2.30. The molecule has 0 aliphatic carbocycles. The molecule has 0 unspecified atom stereocenters.